The van der Waals surface area contributed by atoms with Gasteiger partial charge in [0.1, 0.15) is 5.82 Å². The number of ether oxygens (including phenoxy) is 1. The van der Waals surface area contributed by atoms with Crippen LogP contribution >= 0.6 is 0 Å². The summed E-state index contributed by atoms with van der Waals surface area (Å²) < 4.78 is 4.61. The third-order valence-electron chi connectivity index (χ3n) is 3.52. The predicted octanol–water partition coefficient (Wildman–Crippen LogP) is 0.873. The summed E-state index contributed by atoms with van der Waals surface area (Å²) in [4.78, 5) is 32.8. The number of carboxylic acid groups (broad SMARTS) is 1. The van der Waals surface area contributed by atoms with Crippen LogP contribution in [0.15, 0.2) is 6.07 Å². The van der Waals surface area contributed by atoms with E-state index < -0.39 is 17.4 Å². The maximum Gasteiger partial charge on any atom is 0.376 e. The minimum atomic E-state index is -0.820. The summed E-state index contributed by atoms with van der Waals surface area (Å²) in [6.07, 6.45) is 0.541. The number of rotatable bonds is 3. The number of carbonyl (C=O) groups excluding carboxylic acids is 1. The number of nitrogens with zero attached hydrogens (tertiary/aromatic N) is 3. The van der Waals surface area contributed by atoms with Crippen LogP contribution < -0.4 is 4.90 Å². The molecule has 0 aliphatic carbocycles. The number of aryl methyl sites for hydroxylation is 1. The van der Waals surface area contributed by atoms with Gasteiger partial charge in [0.05, 0.1) is 12.5 Å². The molecule has 1 unspecified atom stereocenters. The first kappa shape index (κ1) is 14.2. The van der Waals surface area contributed by atoms with E-state index in [1.807, 2.05) is 4.90 Å². The molecule has 7 heteroatoms. The van der Waals surface area contributed by atoms with Gasteiger partial charge < -0.3 is 14.7 Å². The van der Waals surface area contributed by atoms with E-state index in [9.17, 15) is 14.7 Å². The standard InChI is InChI=1S/C13H17N3O4/c1-8-6-9(15-10(14-8)11(17)20-3)16-5-4-13(2,7-16)12(18)19/h6H,4-5,7H2,1-3H3,(H,18,19). The number of anilines is 1. The Morgan fingerprint density at radius 2 is 2.15 bits per heavy atom. The van der Waals surface area contributed by atoms with Crippen molar-refractivity contribution in [2.24, 2.45) is 5.41 Å². The van der Waals surface area contributed by atoms with Gasteiger partial charge >= 0.3 is 11.9 Å². The zero-order valence-corrected chi connectivity index (χ0v) is 11.7. The Morgan fingerprint density at radius 3 is 2.70 bits per heavy atom. The molecule has 1 fully saturated rings. The van der Waals surface area contributed by atoms with Gasteiger partial charge in [-0.1, -0.05) is 0 Å². The highest BCUT2D eigenvalue weighted by molar-refractivity contribution is 5.85. The third-order valence-corrected chi connectivity index (χ3v) is 3.52. The summed E-state index contributed by atoms with van der Waals surface area (Å²) in [6.45, 7) is 4.41. The van der Waals surface area contributed by atoms with Crippen LogP contribution in [0.4, 0.5) is 5.82 Å². The fourth-order valence-corrected chi connectivity index (χ4v) is 2.23. The largest absolute Gasteiger partial charge is 0.481 e. The first-order chi connectivity index (χ1) is 9.35. The Hall–Kier alpha value is -2.18. The molecule has 2 heterocycles. The SMILES string of the molecule is COC(=O)c1nc(C)cc(N2CCC(C)(C(=O)O)C2)n1. The second-order valence-electron chi connectivity index (χ2n) is 5.22. The molecule has 1 aromatic rings. The van der Waals surface area contributed by atoms with Crippen molar-refractivity contribution in [3.05, 3.63) is 17.6 Å². The average molecular weight is 279 g/mol. The van der Waals surface area contributed by atoms with Crippen LogP contribution in [0.25, 0.3) is 0 Å². The molecule has 1 aliphatic heterocycles. The Bertz CT molecular complexity index is 561. The van der Waals surface area contributed by atoms with Gasteiger partial charge in [-0.3, -0.25) is 4.79 Å². The molecule has 1 aromatic heterocycles. The van der Waals surface area contributed by atoms with Gasteiger partial charge in [0, 0.05) is 24.8 Å². The van der Waals surface area contributed by atoms with Gasteiger partial charge in [-0.25, -0.2) is 14.8 Å². The van der Waals surface area contributed by atoms with Crippen LogP contribution in [-0.2, 0) is 9.53 Å². The number of methoxy groups -OCH3 is 1. The van der Waals surface area contributed by atoms with E-state index in [-0.39, 0.29) is 5.82 Å². The molecule has 0 saturated carbocycles. The Kier molecular flexibility index (Phi) is 3.61. The van der Waals surface area contributed by atoms with Crippen molar-refractivity contribution < 1.29 is 19.4 Å². The second-order valence-corrected chi connectivity index (χ2v) is 5.22. The van der Waals surface area contributed by atoms with Crippen molar-refractivity contribution in [3.8, 4) is 0 Å². The first-order valence-electron chi connectivity index (χ1n) is 6.28. The van der Waals surface area contributed by atoms with Gasteiger partial charge in [0.25, 0.3) is 0 Å². The Balaban J connectivity index is 2.28. The van der Waals surface area contributed by atoms with Crippen molar-refractivity contribution in [1.82, 2.24) is 9.97 Å². The Morgan fingerprint density at radius 1 is 1.45 bits per heavy atom. The molecule has 1 aliphatic rings. The van der Waals surface area contributed by atoms with E-state index in [0.717, 1.165) is 0 Å². The molecule has 20 heavy (non-hydrogen) atoms. The van der Waals surface area contributed by atoms with Crippen molar-refractivity contribution in [3.63, 3.8) is 0 Å². The maximum atomic E-state index is 11.5. The lowest BCUT2D eigenvalue weighted by Crippen LogP contribution is -2.32. The molecule has 1 N–H and O–H groups in total. The lowest BCUT2D eigenvalue weighted by molar-refractivity contribution is -0.146. The quantitative estimate of drug-likeness (QED) is 0.821. The highest BCUT2D eigenvalue weighted by Gasteiger charge is 2.41. The molecular weight excluding hydrogens is 262 g/mol. The van der Waals surface area contributed by atoms with E-state index in [2.05, 4.69) is 14.7 Å². The third kappa shape index (κ3) is 2.56. The van der Waals surface area contributed by atoms with Gasteiger partial charge in [0.2, 0.25) is 5.82 Å². The van der Waals surface area contributed by atoms with Crippen LogP contribution in [0.1, 0.15) is 29.7 Å². The van der Waals surface area contributed by atoms with Crippen LogP contribution in [0, 0.1) is 12.3 Å². The summed E-state index contributed by atoms with van der Waals surface area (Å²) in [7, 11) is 1.27. The fourth-order valence-electron chi connectivity index (χ4n) is 2.23. The highest BCUT2D eigenvalue weighted by Crippen LogP contribution is 2.32. The lowest BCUT2D eigenvalue weighted by Gasteiger charge is -2.21. The van der Waals surface area contributed by atoms with Crippen LogP contribution in [0.5, 0.6) is 0 Å². The van der Waals surface area contributed by atoms with Crippen LogP contribution in [-0.4, -0.2) is 47.2 Å². The smallest absolute Gasteiger partial charge is 0.376 e. The molecule has 0 spiro atoms. The number of aromatic nitrogens is 2. The summed E-state index contributed by atoms with van der Waals surface area (Å²) in [5, 5.41) is 9.24. The van der Waals surface area contributed by atoms with Crippen molar-refractivity contribution >= 4 is 17.8 Å². The summed E-state index contributed by atoms with van der Waals surface area (Å²) in [5.41, 5.74) is -0.149. The molecule has 108 valence electrons. The normalized spacial score (nSPS) is 21.9. The average Bonchev–Trinajstić information content (AvgIpc) is 2.81. The number of carboxylic acids is 1. The zero-order valence-electron chi connectivity index (χ0n) is 11.7. The second kappa shape index (κ2) is 5.07. The molecule has 1 atom stereocenters. The number of hydrogen-bond donors (Lipinski definition) is 1. The van der Waals surface area contributed by atoms with Crippen LogP contribution in [0.2, 0.25) is 0 Å². The molecule has 0 aromatic carbocycles. The van der Waals surface area contributed by atoms with Gasteiger partial charge in [-0.2, -0.15) is 0 Å². The van der Waals surface area contributed by atoms with Gasteiger partial charge in [0.15, 0.2) is 0 Å². The van der Waals surface area contributed by atoms with E-state index in [4.69, 9.17) is 0 Å². The molecule has 0 radical (unpaired) electrons. The maximum absolute atomic E-state index is 11.5. The van der Waals surface area contributed by atoms with E-state index in [1.54, 1.807) is 19.9 Å². The minimum Gasteiger partial charge on any atom is -0.481 e. The fraction of sp³-hybridized carbons (Fsp3) is 0.538. The molecule has 7 nitrogen and oxygen atoms in total. The topological polar surface area (TPSA) is 92.6 Å². The van der Waals surface area contributed by atoms with E-state index in [0.29, 0.717) is 31.0 Å². The minimum absolute atomic E-state index is 0.00794. The predicted molar refractivity (Wildman–Crippen MR) is 70.7 cm³/mol. The monoisotopic (exact) mass is 279 g/mol. The summed E-state index contributed by atoms with van der Waals surface area (Å²) in [6, 6.07) is 1.74. The highest BCUT2D eigenvalue weighted by atomic mass is 16.5. The van der Waals surface area contributed by atoms with Crippen molar-refractivity contribution in [1.29, 1.82) is 0 Å². The number of hydrogen-bond acceptors (Lipinski definition) is 6. The van der Waals surface area contributed by atoms with Crippen LogP contribution in [0.3, 0.4) is 0 Å². The van der Waals surface area contributed by atoms with Gasteiger partial charge in [-0.05, 0) is 20.3 Å². The molecule has 2 rings (SSSR count). The van der Waals surface area contributed by atoms with Crippen molar-refractivity contribution in [2.75, 3.05) is 25.1 Å². The van der Waals surface area contributed by atoms with Gasteiger partial charge in [-0.15, -0.1) is 0 Å². The first-order valence-corrected chi connectivity index (χ1v) is 6.28. The van der Waals surface area contributed by atoms with E-state index in [1.165, 1.54) is 7.11 Å². The summed E-state index contributed by atoms with van der Waals surface area (Å²) in [5.74, 6) is -0.872. The summed E-state index contributed by atoms with van der Waals surface area (Å²) >= 11 is 0. The molecule has 0 amide bonds. The number of carbonyl (C=O) groups is 2. The lowest BCUT2D eigenvalue weighted by atomic mass is 9.90. The molecule has 0 bridgehead atoms. The van der Waals surface area contributed by atoms with E-state index >= 15 is 0 Å². The number of esters is 1. The zero-order chi connectivity index (χ0) is 14.9. The Labute approximate surface area is 116 Å². The number of aliphatic carboxylic acids is 1. The molecular formula is C13H17N3O4. The molecule has 1 saturated heterocycles. The van der Waals surface area contributed by atoms with Crippen molar-refractivity contribution in [2.45, 2.75) is 20.3 Å².